The minimum Gasteiger partial charge on any atom is -0.383 e. The van der Waals surface area contributed by atoms with Gasteiger partial charge in [0, 0.05) is 26.2 Å². The highest BCUT2D eigenvalue weighted by Crippen LogP contribution is 2.08. The summed E-state index contributed by atoms with van der Waals surface area (Å²) in [5, 5.41) is 6.58. The van der Waals surface area contributed by atoms with E-state index >= 15 is 0 Å². The summed E-state index contributed by atoms with van der Waals surface area (Å²) >= 11 is 0. The number of rotatable bonds is 9. The summed E-state index contributed by atoms with van der Waals surface area (Å²) in [6.45, 7) is 5.18. The van der Waals surface area contributed by atoms with Crippen LogP contribution in [0, 0.1) is 11.6 Å². The third-order valence-electron chi connectivity index (χ3n) is 2.82. The minimum atomic E-state index is -0.799. The zero-order valence-electron chi connectivity index (χ0n) is 11.5. The van der Waals surface area contributed by atoms with E-state index in [9.17, 15) is 8.78 Å². The molecular weight excluding hydrogens is 250 g/mol. The van der Waals surface area contributed by atoms with Gasteiger partial charge < -0.3 is 15.4 Å². The molecule has 0 radical (unpaired) electrons. The second-order valence-corrected chi connectivity index (χ2v) is 4.55. The van der Waals surface area contributed by atoms with Gasteiger partial charge in [0.15, 0.2) is 11.6 Å². The number of benzene rings is 1. The Balaban J connectivity index is 2.17. The van der Waals surface area contributed by atoms with Gasteiger partial charge >= 0.3 is 0 Å². The van der Waals surface area contributed by atoms with Gasteiger partial charge in [0.2, 0.25) is 0 Å². The summed E-state index contributed by atoms with van der Waals surface area (Å²) in [6.07, 6.45) is 0.680. The predicted octanol–water partition coefficient (Wildman–Crippen LogP) is 1.72. The first-order valence-corrected chi connectivity index (χ1v) is 6.50. The number of hydrogen-bond acceptors (Lipinski definition) is 3. The van der Waals surface area contributed by atoms with Crippen molar-refractivity contribution in [3.8, 4) is 0 Å². The Kier molecular flexibility index (Phi) is 7.55. The van der Waals surface area contributed by atoms with E-state index in [0.717, 1.165) is 25.2 Å². The van der Waals surface area contributed by atoms with Crippen molar-refractivity contribution in [2.24, 2.45) is 0 Å². The van der Waals surface area contributed by atoms with Crippen molar-refractivity contribution in [1.82, 2.24) is 10.6 Å². The van der Waals surface area contributed by atoms with Crippen LogP contribution in [0.1, 0.15) is 12.5 Å². The highest BCUT2D eigenvalue weighted by atomic mass is 19.2. The normalized spacial score (nSPS) is 12.6. The second-order valence-electron chi connectivity index (χ2n) is 4.55. The van der Waals surface area contributed by atoms with Crippen LogP contribution in [0.4, 0.5) is 8.78 Å². The molecule has 5 heteroatoms. The third-order valence-corrected chi connectivity index (χ3v) is 2.82. The van der Waals surface area contributed by atoms with E-state index in [1.807, 2.05) is 0 Å². The van der Waals surface area contributed by atoms with Gasteiger partial charge in [-0.15, -0.1) is 0 Å². The van der Waals surface area contributed by atoms with Gasteiger partial charge in [0.05, 0.1) is 6.61 Å². The highest BCUT2D eigenvalue weighted by molar-refractivity contribution is 5.18. The lowest BCUT2D eigenvalue weighted by Gasteiger charge is -2.14. The van der Waals surface area contributed by atoms with Gasteiger partial charge in [-0.2, -0.15) is 0 Å². The van der Waals surface area contributed by atoms with Gasteiger partial charge in [-0.3, -0.25) is 0 Å². The molecule has 0 bridgehead atoms. The van der Waals surface area contributed by atoms with Crippen LogP contribution in [-0.2, 0) is 11.2 Å². The number of ether oxygens (including phenoxy) is 1. The smallest absolute Gasteiger partial charge is 0.159 e. The maximum absolute atomic E-state index is 13.0. The molecule has 1 unspecified atom stereocenters. The van der Waals surface area contributed by atoms with Crippen molar-refractivity contribution in [2.45, 2.75) is 19.4 Å². The molecule has 2 N–H and O–H groups in total. The summed E-state index contributed by atoms with van der Waals surface area (Å²) in [6, 6.07) is 4.35. The lowest BCUT2D eigenvalue weighted by Crippen LogP contribution is -2.38. The molecule has 0 aliphatic heterocycles. The molecule has 108 valence electrons. The van der Waals surface area contributed by atoms with Crippen molar-refractivity contribution in [3.63, 3.8) is 0 Å². The molecule has 0 heterocycles. The largest absolute Gasteiger partial charge is 0.383 e. The van der Waals surface area contributed by atoms with Crippen LogP contribution in [0.3, 0.4) is 0 Å². The Bertz CT molecular complexity index is 374. The van der Waals surface area contributed by atoms with E-state index in [-0.39, 0.29) is 0 Å². The van der Waals surface area contributed by atoms with Crippen LogP contribution in [0.25, 0.3) is 0 Å². The molecule has 0 aromatic heterocycles. The van der Waals surface area contributed by atoms with Gasteiger partial charge in [-0.1, -0.05) is 6.07 Å². The van der Waals surface area contributed by atoms with Crippen LogP contribution >= 0.6 is 0 Å². The van der Waals surface area contributed by atoms with Crippen LogP contribution in [0.15, 0.2) is 18.2 Å². The molecule has 0 fully saturated rings. The van der Waals surface area contributed by atoms with Crippen molar-refractivity contribution >= 4 is 0 Å². The number of methoxy groups -OCH3 is 1. The monoisotopic (exact) mass is 272 g/mol. The zero-order chi connectivity index (χ0) is 14.1. The van der Waals surface area contributed by atoms with Gasteiger partial charge in [-0.05, 0) is 37.6 Å². The van der Waals surface area contributed by atoms with E-state index in [4.69, 9.17) is 4.74 Å². The number of halogens is 2. The standard InChI is InChI=1S/C14H22F2N2O/c1-11(10-17-7-8-19-2)18-6-5-12-3-4-13(15)14(16)9-12/h3-4,9,11,17-18H,5-8,10H2,1-2H3. The van der Waals surface area contributed by atoms with Crippen molar-refractivity contribution in [3.05, 3.63) is 35.4 Å². The summed E-state index contributed by atoms with van der Waals surface area (Å²) < 4.78 is 30.7. The number of hydrogen-bond donors (Lipinski definition) is 2. The average molecular weight is 272 g/mol. The Morgan fingerprint density at radius 3 is 2.68 bits per heavy atom. The van der Waals surface area contributed by atoms with Crippen LogP contribution < -0.4 is 10.6 Å². The maximum atomic E-state index is 13.0. The lowest BCUT2D eigenvalue weighted by atomic mass is 10.1. The summed E-state index contributed by atoms with van der Waals surface area (Å²) in [4.78, 5) is 0. The summed E-state index contributed by atoms with van der Waals surface area (Å²) in [7, 11) is 1.67. The van der Waals surface area contributed by atoms with Gasteiger partial charge in [0.1, 0.15) is 0 Å². The second kappa shape index (κ2) is 8.96. The number of nitrogens with one attached hydrogen (secondary N) is 2. The fourth-order valence-corrected chi connectivity index (χ4v) is 1.72. The molecule has 19 heavy (non-hydrogen) atoms. The Hall–Kier alpha value is -1.04. The van der Waals surface area contributed by atoms with E-state index in [1.54, 1.807) is 13.2 Å². The molecule has 0 spiro atoms. The molecule has 1 rings (SSSR count). The molecule has 3 nitrogen and oxygen atoms in total. The first-order valence-electron chi connectivity index (χ1n) is 6.50. The molecule has 0 aliphatic rings. The van der Waals surface area contributed by atoms with Crippen molar-refractivity contribution in [2.75, 3.05) is 33.4 Å². The quantitative estimate of drug-likeness (QED) is 0.672. The first kappa shape index (κ1) is 16.0. The molecule has 0 aliphatic carbocycles. The van der Waals surface area contributed by atoms with Crippen molar-refractivity contribution < 1.29 is 13.5 Å². The van der Waals surface area contributed by atoms with E-state index < -0.39 is 11.6 Å². The highest BCUT2D eigenvalue weighted by Gasteiger charge is 2.04. The molecule has 0 saturated carbocycles. The fourth-order valence-electron chi connectivity index (χ4n) is 1.72. The molecule has 1 aromatic rings. The summed E-state index contributed by atoms with van der Waals surface area (Å²) in [5.74, 6) is -1.58. The van der Waals surface area contributed by atoms with E-state index in [0.29, 0.717) is 19.1 Å². The molecule has 1 atom stereocenters. The van der Waals surface area contributed by atoms with Gasteiger partial charge in [-0.25, -0.2) is 8.78 Å². The molecule has 0 saturated heterocycles. The maximum Gasteiger partial charge on any atom is 0.159 e. The van der Waals surface area contributed by atoms with Crippen molar-refractivity contribution in [1.29, 1.82) is 0 Å². The molecule has 1 aromatic carbocycles. The van der Waals surface area contributed by atoms with Gasteiger partial charge in [0.25, 0.3) is 0 Å². The predicted molar refractivity (Wildman–Crippen MR) is 72.3 cm³/mol. The third kappa shape index (κ3) is 6.61. The average Bonchev–Trinajstić information content (AvgIpc) is 2.39. The Labute approximate surface area is 113 Å². The minimum absolute atomic E-state index is 0.321. The van der Waals surface area contributed by atoms with E-state index in [1.165, 1.54) is 12.1 Å². The first-order chi connectivity index (χ1) is 9.13. The summed E-state index contributed by atoms with van der Waals surface area (Å²) in [5.41, 5.74) is 0.797. The Morgan fingerprint density at radius 2 is 2.00 bits per heavy atom. The Morgan fingerprint density at radius 1 is 1.21 bits per heavy atom. The SMILES string of the molecule is COCCNCC(C)NCCc1ccc(F)c(F)c1. The molecule has 0 amide bonds. The fraction of sp³-hybridized carbons (Fsp3) is 0.571. The van der Waals surface area contributed by atoms with E-state index in [2.05, 4.69) is 17.6 Å². The lowest BCUT2D eigenvalue weighted by molar-refractivity contribution is 0.198. The topological polar surface area (TPSA) is 33.3 Å². The van der Waals surface area contributed by atoms with Crippen LogP contribution in [0.5, 0.6) is 0 Å². The molecular formula is C14H22F2N2O. The van der Waals surface area contributed by atoms with Crippen LogP contribution in [-0.4, -0.2) is 39.4 Å². The van der Waals surface area contributed by atoms with Crippen LogP contribution in [0.2, 0.25) is 0 Å². The zero-order valence-corrected chi connectivity index (χ0v) is 11.5.